The highest BCUT2D eigenvalue weighted by Gasteiger charge is 2.35. The summed E-state index contributed by atoms with van der Waals surface area (Å²) >= 11 is 3.06. The van der Waals surface area contributed by atoms with Crippen molar-refractivity contribution in [3.63, 3.8) is 0 Å². The molecule has 0 spiro atoms. The maximum Gasteiger partial charge on any atom is 0.416 e. The van der Waals surface area contributed by atoms with Crippen molar-refractivity contribution in [2.24, 2.45) is 11.8 Å². The van der Waals surface area contributed by atoms with Gasteiger partial charge in [-0.15, -0.1) is 0 Å². The van der Waals surface area contributed by atoms with Crippen LogP contribution in [0.15, 0.2) is 105 Å². The standard InChI is InChI=1S/C27H32F3N3OS.C26H32F3N3OS/c28-27(29,30)21-8-9-25-23(19-21)33(22-6-1-2-7-24(22)35-25)15-3-5-20-10-17-32(18-11-20)26(34)12-16-31-13-4-14-31;1-30(2)15-13-25(33)31-16-11-19(12-17-31)6-5-14-32-21-7-3-4-8-23(21)34-24-10-9-20(18-22(24)32)26(27,28)29/h1-2,6-9,19-20H,3-5,10-18H2;3-4,7-10,18-19H,5-6,11-17H2,1-2H3. The number of hydrogen-bond acceptors (Lipinski definition) is 8. The Kier molecular flexibility index (Phi) is 16.8. The number of amides is 2. The molecule has 0 aliphatic carbocycles. The van der Waals surface area contributed by atoms with Gasteiger partial charge >= 0.3 is 12.4 Å². The lowest BCUT2D eigenvalue weighted by Crippen LogP contribution is -2.42. The van der Waals surface area contributed by atoms with E-state index in [4.69, 9.17) is 0 Å². The van der Waals surface area contributed by atoms with Crippen molar-refractivity contribution in [3.05, 3.63) is 96.1 Å². The second-order valence-corrected chi connectivity index (χ2v) is 21.4. The largest absolute Gasteiger partial charge is 0.416 e. The van der Waals surface area contributed by atoms with Gasteiger partial charge in [0.15, 0.2) is 0 Å². The molecule has 0 atom stereocenters. The highest BCUT2D eigenvalue weighted by Crippen LogP contribution is 2.51. The first kappa shape index (κ1) is 51.0. The van der Waals surface area contributed by atoms with Gasteiger partial charge in [0.05, 0.1) is 33.9 Å². The minimum Gasteiger partial charge on any atom is -0.343 e. The molecule has 2 amide bonds. The zero-order valence-corrected chi connectivity index (χ0v) is 41.3. The number of rotatable bonds is 14. The Morgan fingerprint density at radius 3 is 1.38 bits per heavy atom. The first-order valence-electron chi connectivity index (χ1n) is 24.5. The van der Waals surface area contributed by atoms with Crippen molar-refractivity contribution in [2.45, 2.75) is 103 Å². The number of anilines is 4. The van der Waals surface area contributed by atoms with E-state index in [0.717, 1.165) is 135 Å². The van der Waals surface area contributed by atoms with Crippen LogP contribution in [0, 0.1) is 11.8 Å². The molecule has 3 saturated heterocycles. The van der Waals surface area contributed by atoms with E-state index in [1.54, 1.807) is 12.1 Å². The monoisotopic (exact) mass is 994 g/mol. The van der Waals surface area contributed by atoms with Crippen LogP contribution in [0.4, 0.5) is 49.1 Å². The smallest absolute Gasteiger partial charge is 0.343 e. The summed E-state index contributed by atoms with van der Waals surface area (Å²) in [4.78, 5) is 41.2. The lowest BCUT2D eigenvalue weighted by molar-refractivity contribution is -0.138. The van der Waals surface area contributed by atoms with Crippen molar-refractivity contribution in [1.82, 2.24) is 19.6 Å². The van der Waals surface area contributed by atoms with E-state index in [-0.39, 0.29) is 11.8 Å². The van der Waals surface area contributed by atoms with E-state index >= 15 is 0 Å². The number of fused-ring (bicyclic) bond motifs is 4. The molecule has 3 fully saturated rings. The van der Waals surface area contributed by atoms with Crippen LogP contribution in [0.5, 0.6) is 0 Å². The molecular weight excluding hydrogens is 931 g/mol. The minimum atomic E-state index is -4.36. The van der Waals surface area contributed by atoms with Crippen molar-refractivity contribution in [3.8, 4) is 0 Å². The molecule has 0 unspecified atom stereocenters. The van der Waals surface area contributed by atoms with E-state index in [1.165, 1.54) is 54.2 Å². The van der Waals surface area contributed by atoms with Crippen molar-refractivity contribution in [1.29, 1.82) is 0 Å². The molecule has 0 radical (unpaired) electrons. The van der Waals surface area contributed by atoms with E-state index < -0.39 is 23.5 Å². The Morgan fingerprint density at radius 1 is 0.551 bits per heavy atom. The quantitative estimate of drug-likeness (QED) is 0.116. The Hall–Kier alpha value is -4.38. The zero-order chi connectivity index (χ0) is 48.7. The van der Waals surface area contributed by atoms with E-state index in [1.807, 2.05) is 77.3 Å². The summed E-state index contributed by atoms with van der Waals surface area (Å²) in [5.41, 5.74) is 2.02. The third-order valence-electron chi connectivity index (χ3n) is 14.2. The number of hydrogen-bond donors (Lipinski definition) is 0. The molecule has 372 valence electrons. The van der Waals surface area contributed by atoms with Crippen LogP contribution in [-0.4, -0.2) is 111 Å². The van der Waals surface area contributed by atoms with Gasteiger partial charge < -0.3 is 29.4 Å². The molecule has 4 aromatic carbocycles. The lowest BCUT2D eigenvalue weighted by Gasteiger charge is -2.35. The van der Waals surface area contributed by atoms with Gasteiger partial charge in [-0.2, -0.15) is 26.3 Å². The Morgan fingerprint density at radius 2 is 0.971 bits per heavy atom. The number of halogens is 6. The molecule has 5 heterocycles. The highest BCUT2D eigenvalue weighted by molar-refractivity contribution is 8.00. The highest BCUT2D eigenvalue weighted by atomic mass is 32.2. The van der Waals surface area contributed by atoms with Gasteiger partial charge in [0.2, 0.25) is 11.8 Å². The summed E-state index contributed by atoms with van der Waals surface area (Å²) < 4.78 is 80.4. The maximum absolute atomic E-state index is 13.4. The molecule has 0 aromatic heterocycles. The number of piperidine rings is 2. The Labute approximate surface area is 411 Å². The maximum atomic E-state index is 13.4. The third-order valence-corrected chi connectivity index (χ3v) is 16.5. The SMILES string of the molecule is CN(C)CCC(=O)N1CCC(CCCN2c3ccccc3Sc3ccc(C(F)(F)F)cc32)CC1.O=C(CCN1CCC1)N1CCC(CCCN2c3ccccc3Sc3ccc(C(F)(F)F)cc32)CC1. The normalized spacial score (nSPS) is 17.6. The molecule has 5 aliphatic heterocycles. The fraction of sp³-hybridized carbons (Fsp3) is 0.509. The van der Waals surface area contributed by atoms with Crippen LogP contribution in [-0.2, 0) is 21.9 Å². The summed E-state index contributed by atoms with van der Waals surface area (Å²) in [6, 6.07) is 24.0. The molecule has 69 heavy (non-hydrogen) atoms. The topological polar surface area (TPSA) is 53.6 Å². The fourth-order valence-corrected chi connectivity index (χ4v) is 12.2. The van der Waals surface area contributed by atoms with Gasteiger partial charge in [-0.25, -0.2) is 0 Å². The van der Waals surface area contributed by atoms with Gasteiger partial charge in [-0.1, -0.05) is 47.8 Å². The van der Waals surface area contributed by atoms with Gasteiger partial charge in [0.1, 0.15) is 0 Å². The van der Waals surface area contributed by atoms with Crippen molar-refractivity contribution >= 4 is 58.1 Å². The molecule has 0 bridgehead atoms. The first-order chi connectivity index (χ1) is 33.1. The summed E-state index contributed by atoms with van der Waals surface area (Å²) in [5.74, 6) is 1.61. The van der Waals surface area contributed by atoms with Crippen molar-refractivity contribution in [2.75, 3.05) is 89.3 Å². The van der Waals surface area contributed by atoms with Crippen LogP contribution < -0.4 is 9.80 Å². The average molecular weight is 995 g/mol. The second-order valence-electron chi connectivity index (χ2n) is 19.2. The predicted octanol–water partition coefficient (Wildman–Crippen LogP) is 12.7. The average Bonchev–Trinajstić information content (AvgIpc) is 3.32. The molecule has 0 N–H and O–H groups in total. The fourth-order valence-electron chi connectivity index (χ4n) is 10.0. The van der Waals surface area contributed by atoms with Crippen molar-refractivity contribution < 1.29 is 35.9 Å². The molecule has 5 aliphatic rings. The molecule has 0 saturated carbocycles. The van der Waals surface area contributed by atoms with Gasteiger partial charge in [0.25, 0.3) is 0 Å². The summed E-state index contributed by atoms with van der Waals surface area (Å²) in [6.07, 6.45) is 1.56. The number of likely N-dealkylation sites (tertiary alicyclic amines) is 3. The van der Waals surface area contributed by atoms with Crippen LogP contribution in [0.1, 0.15) is 81.8 Å². The molecule has 8 nitrogen and oxygen atoms in total. The van der Waals surface area contributed by atoms with Gasteiger partial charge in [-0.3, -0.25) is 9.59 Å². The van der Waals surface area contributed by atoms with E-state index in [9.17, 15) is 35.9 Å². The van der Waals surface area contributed by atoms with E-state index in [0.29, 0.717) is 49.1 Å². The number of nitrogens with zero attached hydrogens (tertiary/aromatic N) is 6. The number of benzene rings is 4. The van der Waals surface area contributed by atoms with Crippen LogP contribution in [0.3, 0.4) is 0 Å². The molecule has 4 aromatic rings. The van der Waals surface area contributed by atoms with Gasteiger partial charge in [0, 0.05) is 84.8 Å². The summed E-state index contributed by atoms with van der Waals surface area (Å²) in [7, 11) is 3.95. The Balaban J connectivity index is 0.000000186. The van der Waals surface area contributed by atoms with Crippen LogP contribution in [0.25, 0.3) is 0 Å². The number of carbonyl (C=O) groups excluding carboxylic acids is 2. The van der Waals surface area contributed by atoms with Crippen LogP contribution in [0.2, 0.25) is 0 Å². The Bertz CT molecular complexity index is 2380. The molecular formula is C53H64F6N6O2S2. The third kappa shape index (κ3) is 13.1. The number of para-hydroxylation sites is 2. The lowest BCUT2D eigenvalue weighted by atomic mass is 9.92. The zero-order valence-electron chi connectivity index (χ0n) is 39.7. The number of alkyl halides is 6. The predicted molar refractivity (Wildman–Crippen MR) is 264 cm³/mol. The van der Waals surface area contributed by atoms with Gasteiger partial charge in [-0.05, 0) is 157 Å². The number of carbonyl (C=O) groups is 2. The minimum absolute atomic E-state index is 0.228. The molecule has 16 heteroatoms. The summed E-state index contributed by atoms with van der Waals surface area (Å²) in [6.45, 7) is 8.51. The second kappa shape index (κ2) is 22.8. The molecule has 9 rings (SSSR count). The summed E-state index contributed by atoms with van der Waals surface area (Å²) in [5, 5.41) is 0. The van der Waals surface area contributed by atoms with Crippen LogP contribution >= 0.6 is 23.5 Å². The van der Waals surface area contributed by atoms with E-state index in [2.05, 4.69) is 14.7 Å². The first-order valence-corrected chi connectivity index (χ1v) is 26.2.